The Hall–Kier alpha value is -2.54. The van der Waals surface area contributed by atoms with Crippen molar-refractivity contribution >= 4 is 5.91 Å². The number of benzene rings is 1. The lowest BCUT2D eigenvalue weighted by molar-refractivity contribution is 0.0708. The van der Waals surface area contributed by atoms with E-state index in [1.54, 1.807) is 7.11 Å². The summed E-state index contributed by atoms with van der Waals surface area (Å²) in [7, 11) is 1.64. The fraction of sp³-hybridized carbons (Fsp3) is 0.583. The van der Waals surface area contributed by atoms with Crippen molar-refractivity contribution in [2.24, 2.45) is 0 Å². The Kier molecular flexibility index (Phi) is 7.12. The second-order valence-electron chi connectivity index (χ2n) is 8.62. The van der Waals surface area contributed by atoms with Gasteiger partial charge in [0.2, 0.25) is 0 Å². The Labute approximate surface area is 184 Å². The van der Waals surface area contributed by atoms with Crippen molar-refractivity contribution in [1.82, 2.24) is 19.6 Å². The lowest BCUT2D eigenvalue weighted by atomic mass is 10.0. The van der Waals surface area contributed by atoms with Crippen molar-refractivity contribution in [3.8, 4) is 11.5 Å². The number of amides is 1. The van der Waals surface area contributed by atoms with Crippen LogP contribution in [0.15, 0.2) is 36.7 Å². The predicted octanol–water partition coefficient (Wildman–Crippen LogP) is 3.45. The Morgan fingerprint density at radius 3 is 2.65 bits per heavy atom. The smallest absolute Gasteiger partial charge is 0.257 e. The molecular weight excluding hydrogens is 392 g/mol. The lowest BCUT2D eigenvalue weighted by Crippen LogP contribution is -2.43. The van der Waals surface area contributed by atoms with Gasteiger partial charge in [-0.15, -0.1) is 0 Å². The van der Waals surface area contributed by atoms with Crippen LogP contribution in [-0.4, -0.2) is 70.9 Å². The monoisotopic (exact) mass is 426 g/mol. The van der Waals surface area contributed by atoms with Crippen molar-refractivity contribution in [3.05, 3.63) is 42.2 Å². The van der Waals surface area contributed by atoms with Gasteiger partial charge >= 0.3 is 0 Å². The molecule has 2 aliphatic rings. The van der Waals surface area contributed by atoms with Crippen LogP contribution in [0.1, 0.15) is 49.4 Å². The van der Waals surface area contributed by atoms with E-state index in [2.05, 4.69) is 16.9 Å². The molecule has 0 radical (unpaired) electrons. The van der Waals surface area contributed by atoms with Crippen LogP contribution in [0.5, 0.6) is 11.5 Å². The van der Waals surface area contributed by atoms with E-state index in [9.17, 15) is 4.79 Å². The number of carbonyl (C=O) groups excluding carboxylic acids is 1. The molecule has 1 aromatic carbocycles. The van der Waals surface area contributed by atoms with E-state index in [4.69, 9.17) is 9.47 Å². The third-order valence-corrected chi connectivity index (χ3v) is 6.54. The fourth-order valence-electron chi connectivity index (χ4n) is 4.54. The first kappa shape index (κ1) is 21.7. The molecule has 2 aliphatic heterocycles. The maximum absolute atomic E-state index is 13.0. The van der Waals surface area contributed by atoms with Gasteiger partial charge in [-0.05, 0) is 57.2 Å². The largest absolute Gasteiger partial charge is 0.497 e. The molecule has 0 spiro atoms. The molecule has 2 fully saturated rings. The van der Waals surface area contributed by atoms with Gasteiger partial charge in [0.15, 0.2) is 0 Å². The average molecular weight is 427 g/mol. The summed E-state index contributed by atoms with van der Waals surface area (Å²) in [5.41, 5.74) is 0.651. The minimum atomic E-state index is 0.0693. The highest BCUT2D eigenvalue weighted by Gasteiger charge is 2.27. The molecule has 7 nitrogen and oxygen atoms in total. The Balaban J connectivity index is 1.34. The fourth-order valence-corrected chi connectivity index (χ4v) is 4.54. The van der Waals surface area contributed by atoms with E-state index in [1.165, 1.54) is 0 Å². The van der Waals surface area contributed by atoms with Crippen LogP contribution in [0, 0.1) is 0 Å². The van der Waals surface area contributed by atoms with E-state index in [1.807, 2.05) is 46.2 Å². The quantitative estimate of drug-likeness (QED) is 0.647. The number of nitrogens with zero attached hydrogens (tertiary/aromatic N) is 4. The van der Waals surface area contributed by atoms with E-state index in [-0.39, 0.29) is 12.0 Å². The van der Waals surface area contributed by atoms with Crippen molar-refractivity contribution < 1.29 is 14.3 Å². The summed E-state index contributed by atoms with van der Waals surface area (Å²) in [5, 5.41) is 4.29. The Bertz CT molecular complexity index is 841. The van der Waals surface area contributed by atoms with Gasteiger partial charge in [0.05, 0.1) is 12.7 Å². The van der Waals surface area contributed by atoms with Crippen LogP contribution in [0.3, 0.4) is 0 Å². The van der Waals surface area contributed by atoms with Crippen molar-refractivity contribution in [2.45, 2.75) is 57.7 Å². The van der Waals surface area contributed by atoms with Crippen LogP contribution in [0.2, 0.25) is 0 Å². The van der Waals surface area contributed by atoms with Crippen LogP contribution in [0.25, 0.3) is 0 Å². The van der Waals surface area contributed by atoms with E-state index < -0.39 is 0 Å². The number of hydrogen-bond donors (Lipinski definition) is 0. The maximum atomic E-state index is 13.0. The van der Waals surface area contributed by atoms with Crippen LogP contribution < -0.4 is 9.47 Å². The highest BCUT2D eigenvalue weighted by atomic mass is 16.5. The first-order valence-electron chi connectivity index (χ1n) is 11.5. The molecule has 2 saturated heterocycles. The molecule has 0 bridgehead atoms. The zero-order chi connectivity index (χ0) is 21.6. The molecule has 0 unspecified atom stereocenters. The van der Waals surface area contributed by atoms with Gasteiger partial charge in [-0.1, -0.05) is 0 Å². The number of hydrogen-bond acceptors (Lipinski definition) is 5. The third-order valence-electron chi connectivity index (χ3n) is 6.54. The number of aryl methyl sites for hydroxylation is 1. The first-order valence-corrected chi connectivity index (χ1v) is 11.5. The minimum Gasteiger partial charge on any atom is -0.497 e. The van der Waals surface area contributed by atoms with Gasteiger partial charge in [0.1, 0.15) is 17.6 Å². The van der Waals surface area contributed by atoms with Gasteiger partial charge < -0.3 is 19.3 Å². The van der Waals surface area contributed by atoms with Gasteiger partial charge in [-0.3, -0.25) is 9.48 Å². The molecule has 3 heterocycles. The molecule has 4 rings (SSSR count). The maximum Gasteiger partial charge on any atom is 0.257 e. The Morgan fingerprint density at radius 1 is 1.19 bits per heavy atom. The number of piperidine rings is 1. The van der Waals surface area contributed by atoms with Crippen LogP contribution in [0.4, 0.5) is 0 Å². The molecule has 0 aliphatic carbocycles. The molecule has 31 heavy (non-hydrogen) atoms. The SMILES string of the molecule is COc1ccc(C(=O)N2CCCC2)c(OC2CCN([C@H](C)CCn3cccn3)CC2)c1. The molecule has 2 aromatic rings. The second-order valence-corrected chi connectivity index (χ2v) is 8.62. The summed E-state index contributed by atoms with van der Waals surface area (Å²) < 4.78 is 13.8. The van der Waals surface area contributed by atoms with E-state index in [0.717, 1.165) is 70.6 Å². The van der Waals surface area contributed by atoms with Crippen molar-refractivity contribution in [1.29, 1.82) is 0 Å². The lowest BCUT2D eigenvalue weighted by Gasteiger charge is -2.36. The standard InChI is InChI=1S/C24H34N4O3/c1-19(8-17-28-14-5-11-25-28)26-15-9-20(10-16-26)31-23-18-21(30-2)6-7-22(23)24(29)27-12-3-4-13-27/h5-7,11,14,18-20H,3-4,8-10,12-13,15-17H2,1-2H3/t19-/m1/s1. The topological polar surface area (TPSA) is 59.8 Å². The molecule has 168 valence electrons. The van der Waals surface area contributed by atoms with E-state index >= 15 is 0 Å². The summed E-state index contributed by atoms with van der Waals surface area (Å²) in [6.45, 7) is 6.91. The van der Waals surface area contributed by atoms with Crippen LogP contribution in [-0.2, 0) is 6.54 Å². The zero-order valence-electron chi connectivity index (χ0n) is 18.7. The summed E-state index contributed by atoms with van der Waals surface area (Å²) in [5.74, 6) is 1.44. The molecule has 0 N–H and O–H groups in total. The molecule has 1 amide bonds. The molecule has 7 heteroatoms. The van der Waals surface area contributed by atoms with Gasteiger partial charge in [0.25, 0.3) is 5.91 Å². The van der Waals surface area contributed by atoms with E-state index in [0.29, 0.717) is 17.4 Å². The summed E-state index contributed by atoms with van der Waals surface area (Å²) in [6.07, 6.45) is 9.12. The number of carbonyl (C=O) groups is 1. The summed E-state index contributed by atoms with van der Waals surface area (Å²) in [6, 6.07) is 8.03. The number of ether oxygens (including phenoxy) is 2. The molecular formula is C24H34N4O3. The molecule has 1 atom stereocenters. The number of rotatable bonds is 8. The average Bonchev–Trinajstić information content (AvgIpc) is 3.52. The Morgan fingerprint density at radius 2 is 1.97 bits per heavy atom. The number of methoxy groups -OCH3 is 1. The molecule has 1 aromatic heterocycles. The van der Waals surface area contributed by atoms with Gasteiger partial charge in [-0.25, -0.2) is 0 Å². The summed E-state index contributed by atoms with van der Waals surface area (Å²) >= 11 is 0. The highest BCUT2D eigenvalue weighted by molar-refractivity contribution is 5.97. The van der Waals surface area contributed by atoms with Crippen molar-refractivity contribution in [2.75, 3.05) is 33.3 Å². The predicted molar refractivity (Wildman–Crippen MR) is 120 cm³/mol. The van der Waals surface area contributed by atoms with Gasteiger partial charge in [0, 0.05) is 57.2 Å². The summed E-state index contributed by atoms with van der Waals surface area (Å²) in [4.78, 5) is 17.5. The first-order chi connectivity index (χ1) is 15.1. The van der Waals surface area contributed by atoms with Gasteiger partial charge in [-0.2, -0.15) is 5.10 Å². The minimum absolute atomic E-state index is 0.0693. The zero-order valence-corrected chi connectivity index (χ0v) is 18.7. The number of aromatic nitrogens is 2. The highest BCUT2D eigenvalue weighted by Crippen LogP contribution is 2.30. The second kappa shape index (κ2) is 10.2. The number of likely N-dealkylation sites (tertiary alicyclic amines) is 2. The molecule has 0 saturated carbocycles. The van der Waals surface area contributed by atoms with Crippen molar-refractivity contribution in [3.63, 3.8) is 0 Å². The normalized spacial score (nSPS) is 18.8. The van der Waals surface area contributed by atoms with Crippen LogP contribution >= 0.6 is 0 Å². The third kappa shape index (κ3) is 5.39.